The number of ether oxygens (including phenoxy) is 2. The molecule has 1 aromatic carbocycles. The molecule has 2 aliphatic heterocycles. The standard InChI is InChI=1S/C14H17NO4/c1-9(16)2-3-15-6-10-4-13-14(19-8-18-13)5-11(10)12(17)7-15/h4-5,12,17H,2-3,6-8H2,1H3/p+1/t12-/m1/s1. The van der Waals surface area contributed by atoms with Crippen LogP contribution in [0, 0.1) is 0 Å². The van der Waals surface area contributed by atoms with Crippen LogP contribution in [0.25, 0.3) is 0 Å². The van der Waals surface area contributed by atoms with Gasteiger partial charge in [-0.05, 0) is 24.6 Å². The minimum absolute atomic E-state index is 0.193. The summed E-state index contributed by atoms with van der Waals surface area (Å²) in [5.74, 6) is 1.65. The van der Waals surface area contributed by atoms with Crippen LogP contribution >= 0.6 is 0 Å². The molecule has 2 aliphatic rings. The molecule has 1 unspecified atom stereocenters. The lowest BCUT2D eigenvalue weighted by Crippen LogP contribution is -3.12. The number of carbonyl (C=O) groups is 1. The lowest BCUT2D eigenvalue weighted by molar-refractivity contribution is -0.919. The Kier molecular flexibility index (Phi) is 3.16. The van der Waals surface area contributed by atoms with Crippen molar-refractivity contribution in [1.82, 2.24) is 0 Å². The van der Waals surface area contributed by atoms with Gasteiger partial charge in [0, 0.05) is 5.56 Å². The first-order valence-electron chi connectivity index (χ1n) is 6.57. The Morgan fingerprint density at radius 3 is 2.89 bits per heavy atom. The highest BCUT2D eigenvalue weighted by Crippen LogP contribution is 2.37. The molecule has 0 aromatic heterocycles. The molecule has 0 spiro atoms. The van der Waals surface area contributed by atoms with Crippen molar-refractivity contribution in [2.45, 2.75) is 26.0 Å². The molecule has 0 aliphatic carbocycles. The molecular formula is C14H18NO4+. The van der Waals surface area contributed by atoms with Crippen LogP contribution in [0.3, 0.4) is 0 Å². The van der Waals surface area contributed by atoms with E-state index in [1.165, 1.54) is 4.90 Å². The fourth-order valence-corrected chi connectivity index (χ4v) is 2.73. The normalized spacial score (nSPS) is 24.1. The van der Waals surface area contributed by atoms with Crippen molar-refractivity contribution in [2.24, 2.45) is 0 Å². The van der Waals surface area contributed by atoms with Crippen LogP contribution in [0.5, 0.6) is 11.5 Å². The Morgan fingerprint density at radius 2 is 2.16 bits per heavy atom. The van der Waals surface area contributed by atoms with Crippen LogP contribution in [-0.4, -0.2) is 30.8 Å². The summed E-state index contributed by atoms with van der Waals surface area (Å²) in [5, 5.41) is 10.2. The summed E-state index contributed by atoms with van der Waals surface area (Å²) in [6, 6.07) is 3.83. The fourth-order valence-electron chi connectivity index (χ4n) is 2.73. The lowest BCUT2D eigenvalue weighted by Gasteiger charge is -2.29. The van der Waals surface area contributed by atoms with Crippen molar-refractivity contribution < 1.29 is 24.3 Å². The Labute approximate surface area is 111 Å². The van der Waals surface area contributed by atoms with Crippen molar-refractivity contribution >= 4 is 5.78 Å². The third-order valence-electron chi connectivity index (χ3n) is 3.75. The van der Waals surface area contributed by atoms with Crippen LogP contribution in [0.4, 0.5) is 0 Å². The number of rotatable bonds is 3. The molecule has 5 heteroatoms. The topological polar surface area (TPSA) is 60.2 Å². The molecule has 0 amide bonds. The summed E-state index contributed by atoms with van der Waals surface area (Å²) < 4.78 is 10.7. The minimum atomic E-state index is -0.500. The number of fused-ring (bicyclic) bond motifs is 2. The zero-order valence-corrected chi connectivity index (χ0v) is 10.9. The maximum atomic E-state index is 11.1. The first-order chi connectivity index (χ1) is 9.13. The summed E-state index contributed by atoms with van der Waals surface area (Å²) in [5.41, 5.74) is 2.01. The monoisotopic (exact) mass is 264 g/mol. The summed E-state index contributed by atoms with van der Waals surface area (Å²) in [6.07, 6.45) is 0.0577. The van der Waals surface area contributed by atoms with E-state index < -0.39 is 6.10 Å². The van der Waals surface area contributed by atoms with Gasteiger partial charge in [-0.2, -0.15) is 0 Å². The largest absolute Gasteiger partial charge is 0.454 e. The number of hydrogen-bond acceptors (Lipinski definition) is 4. The second-order valence-electron chi connectivity index (χ2n) is 5.25. The van der Waals surface area contributed by atoms with Gasteiger partial charge >= 0.3 is 0 Å². The molecule has 102 valence electrons. The Hall–Kier alpha value is -1.59. The second-order valence-corrected chi connectivity index (χ2v) is 5.25. The maximum Gasteiger partial charge on any atom is 0.231 e. The molecule has 0 bridgehead atoms. The highest BCUT2D eigenvalue weighted by Gasteiger charge is 2.29. The number of aliphatic hydroxyl groups is 1. The van der Waals surface area contributed by atoms with Gasteiger partial charge in [-0.15, -0.1) is 0 Å². The van der Waals surface area contributed by atoms with Gasteiger partial charge in [0.1, 0.15) is 25.0 Å². The predicted octanol–water partition coefficient (Wildman–Crippen LogP) is -0.174. The zero-order chi connectivity index (χ0) is 13.4. The molecule has 0 saturated carbocycles. The van der Waals surface area contributed by atoms with Crippen molar-refractivity contribution in [1.29, 1.82) is 0 Å². The van der Waals surface area contributed by atoms with Gasteiger partial charge in [0.2, 0.25) is 6.79 Å². The van der Waals surface area contributed by atoms with Gasteiger partial charge in [0.15, 0.2) is 11.5 Å². The fraction of sp³-hybridized carbons (Fsp3) is 0.500. The Morgan fingerprint density at radius 1 is 1.42 bits per heavy atom. The Balaban J connectivity index is 1.81. The summed E-state index contributed by atoms with van der Waals surface area (Å²) in [7, 11) is 0. The van der Waals surface area contributed by atoms with Crippen LogP contribution in [0.1, 0.15) is 30.6 Å². The number of quaternary nitrogens is 1. The van der Waals surface area contributed by atoms with E-state index >= 15 is 0 Å². The van der Waals surface area contributed by atoms with E-state index in [1.807, 2.05) is 12.1 Å². The van der Waals surface area contributed by atoms with Crippen molar-refractivity contribution in [3.63, 3.8) is 0 Å². The number of ketones is 1. The van der Waals surface area contributed by atoms with Gasteiger partial charge in [-0.1, -0.05) is 0 Å². The van der Waals surface area contributed by atoms with Gasteiger partial charge < -0.3 is 19.5 Å². The highest BCUT2D eigenvalue weighted by molar-refractivity contribution is 5.75. The van der Waals surface area contributed by atoms with Gasteiger partial charge in [-0.25, -0.2) is 0 Å². The number of hydrogen-bond donors (Lipinski definition) is 2. The molecule has 2 N–H and O–H groups in total. The number of aliphatic hydroxyl groups excluding tert-OH is 1. The molecule has 0 fully saturated rings. The quantitative estimate of drug-likeness (QED) is 0.795. The maximum absolute atomic E-state index is 11.1. The van der Waals surface area contributed by atoms with Gasteiger partial charge in [0.05, 0.1) is 13.0 Å². The van der Waals surface area contributed by atoms with Crippen LogP contribution in [0.2, 0.25) is 0 Å². The first-order valence-corrected chi connectivity index (χ1v) is 6.57. The van der Waals surface area contributed by atoms with E-state index in [0.717, 1.165) is 30.0 Å². The third-order valence-corrected chi connectivity index (χ3v) is 3.75. The van der Waals surface area contributed by atoms with E-state index in [9.17, 15) is 9.90 Å². The van der Waals surface area contributed by atoms with E-state index in [2.05, 4.69) is 0 Å². The van der Waals surface area contributed by atoms with E-state index in [0.29, 0.717) is 18.7 Å². The zero-order valence-electron chi connectivity index (χ0n) is 10.9. The SMILES string of the molecule is CC(=O)CC[NH+]1Cc2cc3c(cc2[C@H](O)C1)OCO3. The summed E-state index contributed by atoms with van der Waals surface area (Å²) >= 11 is 0. The molecule has 5 nitrogen and oxygen atoms in total. The van der Waals surface area contributed by atoms with Crippen LogP contribution in [0.15, 0.2) is 12.1 Å². The molecule has 2 heterocycles. The average molecular weight is 264 g/mol. The Bertz CT molecular complexity index is 514. The number of nitrogens with one attached hydrogen (secondary N) is 1. The number of benzene rings is 1. The van der Waals surface area contributed by atoms with Gasteiger partial charge in [-0.3, -0.25) is 4.79 Å². The third kappa shape index (κ3) is 2.43. The van der Waals surface area contributed by atoms with E-state index in [1.54, 1.807) is 6.92 Å². The van der Waals surface area contributed by atoms with Crippen molar-refractivity contribution in [3.8, 4) is 11.5 Å². The summed E-state index contributed by atoms with van der Waals surface area (Å²) in [4.78, 5) is 12.3. The average Bonchev–Trinajstić information content (AvgIpc) is 2.81. The minimum Gasteiger partial charge on any atom is -0.454 e. The first kappa shape index (κ1) is 12.4. The highest BCUT2D eigenvalue weighted by atomic mass is 16.7. The summed E-state index contributed by atoms with van der Waals surface area (Å²) in [6.45, 7) is 4.07. The van der Waals surface area contributed by atoms with Crippen LogP contribution in [-0.2, 0) is 11.3 Å². The van der Waals surface area contributed by atoms with E-state index in [-0.39, 0.29) is 12.6 Å². The molecule has 0 radical (unpaired) electrons. The predicted molar refractivity (Wildman–Crippen MR) is 67.2 cm³/mol. The second kappa shape index (κ2) is 4.83. The van der Waals surface area contributed by atoms with Gasteiger partial charge in [0.25, 0.3) is 0 Å². The molecule has 0 saturated heterocycles. The molecule has 3 rings (SSSR count). The number of carbonyl (C=O) groups excluding carboxylic acids is 1. The lowest BCUT2D eigenvalue weighted by atomic mass is 9.96. The number of Topliss-reactive ketones (excluding diaryl/α,β-unsaturated/α-hetero) is 1. The van der Waals surface area contributed by atoms with Crippen molar-refractivity contribution in [3.05, 3.63) is 23.3 Å². The van der Waals surface area contributed by atoms with Crippen molar-refractivity contribution in [2.75, 3.05) is 19.9 Å². The molecule has 19 heavy (non-hydrogen) atoms. The van der Waals surface area contributed by atoms with Crippen LogP contribution < -0.4 is 14.4 Å². The molecule has 2 atom stereocenters. The van der Waals surface area contributed by atoms with E-state index in [4.69, 9.17) is 9.47 Å². The molecular weight excluding hydrogens is 246 g/mol. The smallest absolute Gasteiger partial charge is 0.231 e. The molecule has 1 aromatic rings.